The molecule has 4 heteroatoms. The highest BCUT2D eigenvalue weighted by Crippen LogP contribution is 2.29. The van der Waals surface area contributed by atoms with Crippen LogP contribution in [0.4, 0.5) is 4.79 Å². The molecule has 1 unspecified atom stereocenters. The average molecular weight is 290 g/mol. The SMILES string of the molecule is CC(C)(CCO)CNC(=O)NC1CCCc2ccccc21. The molecule has 0 heterocycles. The van der Waals surface area contributed by atoms with Gasteiger partial charge in [-0.05, 0) is 42.2 Å². The molecule has 2 rings (SSSR count). The number of fused-ring (bicyclic) bond motifs is 1. The fourth-order valence-corrected chi connectivity index (χ4v) is 2.82. The van der Waals surface area contributed by atoms with E-state index in [1.54, 1.807) is 0 Å². The summed E-state index contributed by atoms with van der Waals surface area (Å²) in [5, 5.41) is 15.0. The van der Waals surface area contributed by atoms with E-state index < -0.39 is 0 Å². The predicted molar refractivity (Wildman–Crippen MR) is 84.1 cm³/mol. The molecule has 3 N–H and O–H groups in total. The molecule has 0 bridgehead atoms. The van der Waals surface area contributed by atoms with Crippen LogP contribution in [-0.2, 0) is 6.42 Å². The first-order chi connectivity index (χ1) is 10.0. The Kier molecular flexibility index (Phi) is 5.23. The van der Waals surface area contributed by atoms with Crippen LogP contribution in [0.25, 0.3) is 0 Å². The molecule has 1 aliphatic rings. The van der Waals surface area contributed by atoms with Gasteiger partial charge in [0.15, 0.2) is 0 Å². The molecule has 0 aromatic heterocycles. The Morgan fingerprint density at radius 1 is 1.38 bits per heavy atom. The first-order valence-electron chi connectivity index (χ1n) is 7.75. The van der Waals surface area contributed by atoms with Gasteiger partial charge in [0.2, 0.25) is 0 Å². The van der Waals surface area contributed by atoms with E-state index in [4.69, 9.17) is 5.11 Å². The van der Waals surface area contributed by atoms with Crippen molar-refractivity contribution in [2.45, 2.75) is 45.6 Å². The quantitative estimate of drug-likeness (QED) is 0.781. The second-order valence-corrected chi connectivity index (χ2v) is 6.61. The fourth-order valence-electron chi connectivity index (χ4n) is 2.82. The van der Waals surface area contributed by atoms with E-state index in [0.717, 1.165) is 19.3 Å². The minimum atomic E-state index is -0.122. The summed E-state index contributed by atoms with van der Waals surface area (Å²) in [5.41, 5.74) is 2.50. The second kappa shape index (κ2) is 6.94. The van der Waals surface area contributed by atoms with Crippen molar-refractivity contribution in [1.82, 2.24) is 10.6 Å². The standard InChI is InChI=1S/C17H26N2O2/c1-17(2,10-11-20)12-18-16(21)19-15-9-5-7-13-6-3-4-8-14(13)15/h3-4,6,8,15,20H,5,7,9-12H2,1-2H3,(H2,18,19,21). The van der Waals surface area contributed by atoms with Crippen molar-refractivity contribution in [3.8, 4) is 0 Å². The maximum absolute atomic E-state index is 12.1. The normalized spacial score (nSPS) is 18.0. The third-order valence-corrected chi connectivity index (χ3v) is 4.19. The van der Waals surface area contributed by atoms with Crippen LogP contribution in [0.15, 0.2) is 24.3 Å². The van der Waals surface area contributed by atoms with Gasteiger partial charge >= 0.3 is 6.03 Å². The molecule has 0 aliphatic heterocycles. The van der Waals surface area contributed by atoms with Gasteiger partial charge in [0, 0.05) is 13.2 Å². The summed E-state index contributed by atoms with van der Waals surface area (Å²) in [7, 11) is 0. The molecule has 1 aromatic carbocycles. The smallest absolute Gasteiger partial charge is 0.315 e. The van der Waals surface area contributed by atoms with Gasteiger partial charge in [0.05, 0.1) is 6.04 Å². The Hall–Kier alpha value is -1.55. The zero-order chi connectivity index (χ0) is 15.3. The van der Waals surface area contributed by atoms with Crippen LogP contribution in [0, 0.1) is 5.41 Å². The molecule has 1 aromatic rings. The third kappa shape index (κ3) is 4.46. The van der Waals surface area contributed by atoms with Crippen LogP contribution >= 0.6 is 0 Å². The lowest BCUT2D eigenvalue weighted by atomic mass is 9.88. The van der Waals surface area contributed by atoms with Crippen molar-refractivity contribution in [2.75, 3.05) is 13.2 Å². The zero-order valence-electron chi connectivity index (χ0n) is 13.0. The number of aryl methyl sites for hydroxylation is 1. The van der Waals surface area contributed by atoms with Gasteiger partial charge in [-0.25, -0.2) is 4.79 Å². The summed E-state index contributed by atoms with van der Waals surface area (Å²) >= 11 is 0. The van der Waals surface area contributed by atoms with Gasteiger partial charge < -0.3 is 15.7 Å². The second-order valence-electron chi connectivity index (χ2n) is 6.61. The first-order valence-corrected chi connectivity index (χ1v) is 7.75. The molecule has 0 spiro atoms. The van der Waals surface area contributed by atoms with Crippen molar-refractivity contribution in [3.63, 3.8) is 0 Å². The summed E-state index contributed by atoms with van der Waals surface area (Å²) < 4.78 is 0. The lowest BCUT2D eigenvalue weighted by Gasteiger charge is -2.28. The van der Waals surface area contributed by atoms with Crippen LogP contribution in [-0.4, -0.2) is 24.3 Å². The minimum Gasteiger partial charge on any atom is -0.396 e. The number of aliphatic hydroxyl groups excluding tert-OH is 1. The highest BCUT2D eigenvalue weighted by molar-refractivity contribution is 5.74. The molecule has 1 atom stereocenters. The van der Waals surface area contributed by atoms with Crippen molar-refractivity contribution in [3.05, 3.63) is 35.4 Å². The summed E-state index contributed by atoms with van der Waals surface area (Å²) in [6.07, 6.45) is 3.88. The molecule has 1 aliphatic carbocycles. The maximum atomic E-state index is 12.1. The zero-order valence-corrected chi connectivity index (χ0v) is 13.0. The number of urea groups is 1. The number of nitrogens with one attached hydrogen (secondary N) is 2. The monoisotopic (exact) mass is 290 g/mol. The predicted octanol–water partition coefficient (Wildman–Crippen LogP) is 2.77. The molecule has 2 amide bonds. The number of amides is 2. The van der Waals surface area contributed by atoms with Gasteiger partial charge in [0.25, 0.3) is 0 Å². The lowest BCUT2D eigenvalue weighted by Crippen LogP contribution is -2.43. The van der Waals surface area contributed by atoms with Gasteiger partial charge in [-0.3, -0.25) is 0 Å². The average Bonchev–Trinajstić information content (AvgIpc) is 2.46. The number of hydrogen-bond acceptors (Lipinski definition) is 2. The third-order valence-electron chi connectivity index (χ3n) is 4.19. The number of aliphatic hydroxyl groups is 1. The van der Waals surface area contributed by atoms with Crippen LogP contribution in [0.2, 0.25) is 0 Å². The molecule has 116 valence electrons. The van der Waals surface area contributed by atoms with Crippen LogP contribution in [0.1, 0.15) is 50.3 Å². The number of benzene rings is 1. The fraction of sp³-hybridized carbons (Fsp3) is 0.588. The van der Waals surface area contributed by atoms with Crippen molar-refractivity contribution in [2.24, 2.45) is 5.41 Å². The highest BCUT2D eigenvalue weighted by atomic mass is 16.3. The van der Waals surface area contributed by atoms with E-state index in [0.29, 0.717) is 13.0 Å². The molecular formula is C17H26N2O2. The molecule has 0 fully saturated rings. The number of rotatable bonds is 5. The van der Waals surface area contributed by atoms with E-state index >= 15 is 0 Å². The Morgan fingerprint density at radius 2 is 2.14 bits per heavy atom. The van der Waals surface area contributed by atoms with Crippen molar-refractivity contribution in [1.29, 1.82) is 0 Å². The van der Waals surface area contributed by atoms with Crippen LogP contribution in [0.5, 0.6) is 0 Å². The van der Waals surface area contributed by atoms with E-state index in [1.165, 1.54) is 11.1 Å². The molecule has 0 saturated carbocycles. The number of hydrogen-bond donors (Lipinski definition) is 3. The van der Waals surface area contributed by atoms with E-state index in [1.807, 2.05) is 19.9 Å². The highest BCUT2D eigenvalue weighted by Gasteiger charge is 2.23. The maximum Gasteiger partial charge on any atom is 0.315 e. The molecule has 0 saturated heterocycles. The largest absolute Gasteiger partial charge is 0.396 e. The number of carbonyl (C=O) groups is 1. The first kappa shape index (κ1) is 15.8. The Labute approximate surface area is 126 Å². The van der Waals surface area contributed by atoms with E-state index in [2.05, 4.69) is 28.8 Å². The Morgan fingerprint density at radius 3 is 2.90 bits per heavy atom. The topological polar surface area (TPSA) is 61.4 Å². The molecular weight excluding hydrogens is 264 g/mol. The van der Waals surface area contributed by atoms with Crippen LogP contribution in [0.3, 0.4) is 0 Å². The molecule has 0 radical (unpaired) electrons. The molecule has 4 nitrogen and oxygen atoms in total. The van der Waals surface area contributed by atoms with Gasteiger partial charge in [-0.1, -0.05) is 38.1 Å². The summed E-state index contributed by atoms with van der Waals surface area (Å²) in [6.45, 7) is 4.79. The van der Waals surface area contributed by atoms with Gasteiger partial charge in [0.1, 0.15) is 0 Å². The summed E-state index contributed by atoms with van der Waals surface area (Å²) in [4.78, 5) is 12.1. The van der Waals surface area contributed by atoms with Crippen molar-refractivity contribution >= 4 is 6.03 Å². The lowest BCUT2D eigenvalue weighted by molar-refractivity contribution is 0.199. The van der Waals surface area contributed by atoms with E-state index in [-0.39, 0.29) is 24.1 Å². The Balaban J connectivity index is 1.89. The van der Waals surface area contributed by atoms with Crippen molar-refractivity contribution < 1.29 is 9.90 Å². The van der Waals surface area contributed by atoms with Crippen LogP contribution < -0.4 is 10.6 Å². The Bertz CT molecular complexity index is 485. The van der Waals surface area contributed by atoms with E-state index in [9.17, 15) is 4.79 Å². The van der Waals surface area contributed by atoms with Gasteiger partial charge in [-0.15, -0.1) is 0 Å². The summed E-state index contributed by atoms with van der Waals surface area (Å²) in [6, 6.07) is 8.32. The molecule has 21 heavy (non-hydrogen) atoms. The van der Waals surface area contributed by atoms with Gasteiger partial charge in [-0.2, -0.15) is 0 Å². The number of carbonyl (C=O) groups excluding carboxylic acids is 1. The summed E-state index contributed by atoms with van der Waals surface area (Å²) in [5.74, 6) is 0. The minimum absolute atomic E-state index is 0.0867.